The van der Waals surface area contributed by atoms with Crippen LogP contribution in [0.4, 0.5) is 0 Å². The van der Waals surface area contributed by atoms with Crippen LogP contribution in [0.1, 0.15) is 18.2 Å². The van der Waals surface area contributed by atoms with Crippen molar-refractivity contribution in [1.82, 2.24) is 19.7 Å². The van der Waals surface area contributed by atoms with Gasteiger partial charge in [-0.05, 0) is 36.6 Å². The number of hydrogen-bond acceptors (Lipinski definition) is 3. The van der Waals surface area contributed by atoms with Gasteiger partial charge >= 0.3 is 0 Å². The molecule has 0 spiro atoms. The molecular formula is C20H26N4O. The summed E-state index contributed by atoms with van der Waals surface area (Å²) >= 11 is 0. The molecule has 0 saturated heterocycles. The van der Waals surface area contributed by atoms with Crippen LogP contribution in [0.15, 0.2) is 60.6 Å². The fraction of sp³-hybridized carbons (Fsp3) is 0.300. The van der Waals surface area contributed by atoms with Gasteiger partial charge in [0.2, 0.25) is 0 Å². The molecule has 2 aromatic rings. The lowest BCUT2D eigenvalue weighted by atomic mass is 10.1. The second-order valence-electron chi connectivity index (χ2n) is 5.91. The van der Waals surface area contributed by atoms with Crippen molar-refractivity contribution < 1.29 is 0 Å². The molecule has 1 N–H and O–H groups in total. The Kier molecular flexibility index (Phi) is 5.93. The van der Waals surface area contributed by atoms with Gasteiger partial charge in [-0.3, -0.25) is 4.79 Å². The van der Waals surface area contributed by atoms with Crippen LogP contribution in [0.25, 0.3) is 10.9 Å². The number of aryl methyl sites for hydroxylation is 1. The van der Waals surface area contributed by atoms with Gasteiger partial charge in [-0.15, -0.1) is 13.2 Å². The van der Waals surface area contributed by atoms with Crippen LogP contribution in [0.5, 0.6) is 0 Å². The molecule has 0 saturated carbocycles. The highest BCUT2D eigenvalue weighted by Gasteiger charge is 2.21. The second-order valence-corrected chi connectivity index (χ2v) is 5.91. The van der Waals surface area contributed by atoms with Crippen LogP contribution < -0.4 is 10.9 Å². The Bertz CT molecular complexity index is 899. The highest BCUT2D eigenvalue weighted by molar-refractivity contribution is 5.84. The molecule has 0 unspecified atom stereocenters. The van der Waals surface area contributed by atoms with Crippen molar-refractivity contribution in [3.05, 3.63) is 77.4 Å². The Morgan fingerprint density at radius 3 is 2.80 bits per heavy atom. The highest BCUT2D eigenvalue weighted by atomic mass is 16.1. The van der Waals surface area contributed by atoms with Crippen molar-refractivity contribution in [2.24, 2.45) is 7.05 Å². The topological polar surface area (TPSA) is 51.9 Å². The fourth-order valence-corrected chi connectivity index (χ4v) is 3.15. The number of hydrogen-bond donors (Lipinski definition) is 1. The first kappa shape index (κ1) is 18.7. The minimum Gasteiger partial charge on any atom is -0.342 e. The standard InChI is InChI=1S/C18H22N4O.C2H4/c1-5-6-12(2)13(3)11-22-18(23)17-15(9-20-22)14-7-8-19-10-16(14)21(17)4;1-2/h5-6,9,19H,2-3,7-8,10-11H2,1,4H3;1-2H2/b6-5-;. The third kappa shape index (κ3) is 3.42. The molecule has 25 heavy (non-hydrogen) atoms. The Balaban J connectivity index is 0.00000109. The van der Waals surface area contributed by atoms with Gasteiger partial charge in [0.25, 0.3) is 5.56 Å². The van der Waals surface area contributed by atoms with E-state index in [2.05, 4.69) is 36.7 Å². The van der Waals surface area contributed by atoms with E-state index in [1.165, 1.54) is 15.9 Å². The van der Waals surface area contributed by atoms with Crippen LogP contribution in [-0.4, -0.2) is 20.9 Å². The molecular weight excluding hydrogens is 312 g/mol. The maximum absolute atomic E-state index is 12.9. The minimum absolute atomic E-state index is 0.0752. The summed E-state index contributed by atoms with van der Waals surface area (Å²) in [5, 5.41) is 8.68. The lowest BCUT2D eigenvalue weighted by molar-refractivity contribution is 0.612. The molecule has 0 amide bonds. The summed E-state index contributed by atoms with van der Waals surface area (Å²) < 4.78 is 3.47. The Morgan fingerprint density at radius 1 is 1.40 bits per heavy atom. The van der Waals surface area contributed by atoms with Crippen molar-refractivity contribution in [2.75, 3.05) is 6.54 Å². The van der Waals surface area contributed by atoms with Gasteiger partial charge in [0, 0.05) is 24.7 Å². The summed E-state index contributed by atoms with van der Waals surface area (Å²) in [5.41, 5.74) is 4.68. The molecule has 5 nitrogen and oxygen atoms in total. The molecule has 1 aliphatic heterocycles. The first-order valence-electron chi connectivity index (χ1n) is 8.31. The Labute approximate surface area is 148 Å². The van der Waals surface area contributed by atoms with Gasteiger partial charge in [0.1, 0.15) is 5.52 Å². The van der Waals surface area contributed by atoms with Crippen LogP contribution in [-0.2, 0) is 26.6 Å². The first-order chi connectivity index (χ1) is 12.0. The summed E-state index contributed by atoms with van der Waals surface area (Å²) in [6.07, 6.45) is 6.54. The number of aromatic nitrogens is 3. The van der Waals surface area contributed by atoms with E-state index in [9.17, 15) is 4.79 Å². The zero-order valence-corrected chi connectivity index (χ0v) is 15.1. The molecule has 0 fully saturated rings. The number of nitrogens with zero attached hydrogens (tertiary/aromatic N) is 3. The maximum Gasteiger partial charge on any atom is 0.291 e. The molecule has 3 rings (SSSR count). The van der Waals surface area contributed by atoms with Crippen LogP contribution in [0, 0.1) is 0 Å². The summed E-state index contributed by atoms with van der Waals surface area (Å²) in [6.45, 7) is 18.0. The van der Waals surface area contributed by atoms with Crippen LogP contribution in [0.3, 0.4) is 0 Å². The lowest BCUT2D eigenvalue weighted by Crippen LogP contribution is -2.25. The van der Waals surface area contributed by atoms with E-state index in [1.807, 2.05) is 36.9 Å². The second kappa shape index (κ2) is 7.94. The average Bonchev–Trinajstić information content (AvgIpc) is 2.93. The number of rotatable bonds is 4. The summed E-state index contributed by atoms with van der Waals surface area (Å²) in [5.74, 6) is 0. The monoisotopic (exact) mass is 338 g/mol. The van der Waals surface area contributed by atoms with E-state index in [-0.39, 0.29) is 5.56 Å². The van der Waals surface area contributed by atoms with Gasteiger partial charge in [-0.2, -0.15) is 5.10 Å². The summed E-state index contributed by atoms with van der Waals surface area (Å²) in [4.78, 5) is 12.9. The van der Waals surface area contributed by atoms with Gasteiger partial charge in [-0.1, -0.05) is 25.3 Å². The molecule has 0 bridgehead atoms. The van der Waals surface area contributed by atoms with Crippen molar-refractivity contribution in [1.29, 1.82) is 0 Å². The van der Waals surface area contributed by atoms with Gasteiger partial charge in [0.15, 0.2) is 0 Å². The summed E-state index contributed by atoms with van der Waals surface area (Å²) in [7, 11) is 1.95. The minimum atomic E-state index is -0.0752. The summed E-state index contributed by atoms with van der Waals surface area (Å²) in [6, 6.07) is 0. The maximum atomic E-state index is 12.9. The Hall–Kier alpha value is -2.66. The zero-order chi connectivity index (χ0) is 18.6. The zero-order valence-electron chi connectivity index (χ0n) is 15.1. The molecule has 0 aliphatic carbocycles. The third-order valence-corrected chi connectivity index (χ3v) is 4.44. The smallest absolute Gasteiger partial charge is 0.291 e. The molecule has 0 atom stereocenters. The van der Waals surface area contributed by atoms with Gasteiger partial charge < -0.3 is 9.88 Å². The van der Waals surface area contributed by atoms with E-state index < -0.39 is 0 Å². The Morgan fingerprint density at radius 2 is 2.12 bits per heavy atom. The van der Waals surface area contributed by atoms with E-state index in [1.54, 1.807) is 0 Å². The van der Waals surface area contributed by atoms with Crippen molar-refractivity contribution >= 4 is 10.9 Å². The number of allylic oxidation sites excluding steroid dienone is 4. The first-order valence-corrected chi connectivity index (χ1v) is 8.31. The lowest BCUT2D eigenvalue weighted by Gasteiger charge is -2.14. The largest absolute Gasteiger partial charge is 0.342 e. The molecule has 2 aromatic heterocycles. The number of fused-ring (bicyclic) bond motifs is 3. The number of nitrogens with one attached hydrogen (secondary N) is 1. The molecule has 132 valence electrons. The molecule has 1 aliphatic rings. The SMILES string of the molecule is C=C.C=C(/C=C\C)C(=C)Cn1ncc2c3c(n(C)c2c1=O)CNCC3. The fourth-order valence-electron chi connectivity index (χ4n) is 3.15. The molecule has 5 heteroatoms. The van der Waals surface area contributed by atoms with E-state index in [4.69, 9.17) is 0 Å². The normalized spacial score (nSPS) is 13.4. The highest BCUT2D eigenvalue weighted by Crippen LogP contribution is 2.25. The van der Waals surface area contributed by atoms with Gasteiger partial charge in [0.05, 0.1) is 12.7 Å². The predicted molar refractivity (Wildman–Crippen MR) is 105 cm³/mol. The third-order valence-electron chi connectivity index (χ3n) is 4.44. The van der Waals surface area contributed by atoms with Gasteiger partial charge in [-0.25, -0.2) is 4.68 Å². The average molecular weight is 338 g/mol. The molecule has 3 heterocycles. The van der Waals surface area contributed by atoms with Crippen molar-refractivity contribution in [3.8, 4) is 0 Å². The van der Waals surface area contributed by atoms with E-state index in [0.29, 0.717) is 6.54 Å². The molecule has 0 aromatic carbocycles. The predicted octanol–water partition coefficient (Wildman–Crippen LogP) is 2.87. The molecule has 0 radical (unpaired) electrons. The van der Waals surface area contributed by atoms with E-state index >= 15 is 0 Å². The van der Waals surface area contributed by atoms with Crippen LogP contribution >= 0.6 is 0 Å². The quantitative estimate of drug-likeness (QED) is 0.689. The van der Waals surface area contributed by atoms with Crippen LogP contribution in [0.2, 0.25) is 0 Å². The van der Waals surface area contributed by atoms with Crippen molar-refractivity contribution in [2.45, 2.75) is 26.4 Å². The van der Waals surface area contributed by atoms with E-state index in [0.717, 1.165) is 41.6 Å². The van der Waals surface area contributed by atoms with Crippen molar-refractivity contribution in [3.63, 3.8) is 0 Å².